The van der Waals surface area contributed by atoms with Crippen molar-refractivity contribution in [3.05, 3.63) is 40.6 Å². The predicted molar refractivity (Wildman–Crippen MR) is 72.7 cm³/mol. The molecule has 0 aliphatic carbocycles. The first-order valence-corrected chi connectivity index (χ1v) is 6.82. The Morgan fingerprint density at radius 2 is 2.24 bits per heavy atom. The number of benzene rings is 1. The third kappa shape index (κ3) is 2.25. The molecule has 1 aromatic carbocycles. The maximum absolute atomic E-state index is 5.72. The Hall–Kier alpha value is -1.59. The molecule has 3 aromatic rings. The van der Waals surface area contributed by atoms with Crippen LogP contribution in [0.3, 0.4) is 0 Å². The van der Waals surface area contributed by atoms with Crippen molar-refractivity contribution < 1.29 is 4.74 Å². The van der Waals surface area contributed by atoms with Gasteiger partial charge in [0.25, 0.3) is 5.19 Å². The van der Waals surface area contributed by atoms with Crippen molar-refractivity contribution in [3.8, 4) is 5.19 Å². The molecule has 0 amide bonds. The van der Waals surface area contributed by atoms with E-state index in [0.717, 1.165) is 15.9 Å². The summed E-state index contributed by atoms with van der Waals surface area (Å²) >= 11 is 3.21. The number of thiazole rings is 1. The highest BCUT2D eigenvalue weighted by molar-refractivity contribution is 7.20. The van der Waals surface area contributed by atoms with Crippen molar-refractivity contribution in [1.29, 1.82) is 0 Å². The molecule has 0 unspecified atom stereocenters. The summed E-state index contributed by atoms with van der Waals surface area (Å²) in [6, 6.07) is 9.76. The Labute approximate surface area is 106 Å². The highest BCUT2D eigenvalue weighted by Crippen LogP contribution is 2.29. The highest BCUT2D eigenvalue weighted by Gasteiger charge is 2.05. The van der Waals surface area contributed by atoms with Crippen LogP contribution in [0.5, 0.6) is 5.19 Å². The van der Waals surface area contributed by atoms with E-state index >= 15 is 0 Å². The summed E-state index contributed by atoms with van der Waals surface area (Å²) in [4.78, 5) is 5.60. The molecule has 3 rings (SSSR count). The number of thiophene rings is 1. The van der Waals surface area contributed by atoms with Gasteiger partial charge in [-0.25, -0.2) is 4.98 Å². The Kier molecular flexibility index (Phi) is 2.70. The van der Waals surface area contributed by atoms with Crippen LogP contribution in [-0.2, 0) is 6.61 Å². The fraction of sp³-hybridized carbons (Fsp3) is 0.0833. The molecule has 0 aliphatic heterocycles. The van der Waals surface area contributed by atoms with E-state index in [2.05, 4.69) is 11.1 Å². The van der Waals surface area contributed by atoms with Gasteiger partial charge in [-0.15, -0.1) is 11.3 Å². The molecular formula is C12H10N2OS2. The molecule has 0 bridgehead atoms. The average Bonchev–Trinajstić information content (AvgIpc) is 2.94. The van der Waals surface area contributed by atoms with Crippen LogP contribution in [0.1, 0.15) is 4.88 Å². The summed E-state index contributed by atoms with van der Waals surface area (Å²) in [6.07, 6.45) is 0. The SMILES string of the molecule is Nc1ccc2nc(OCc3cccs3)sc2c1. The third-order valence-corrected chi connectivity index (χ3v) is 4.09. The normalized spacial score (nSPS) is 10.8. The minimum absolute atomic E-state index is 0.576. The minimum Gasteiger partial charge on any atom is -0.464 e. The second kappa shape index (κ2) is 4.35. The molecule has 17 heavy (non-hydrogen) atoms. The van der Waals surface area contributed by atoms with E-state index in [0.29, 0.717) is 11.8 Å². The molecule has 2 heterocycles. The smallest absolute Gasteiger partial charge is 0.274 e. The Balaban J connectivity index is 1.81. The van der Waals surface area contributed by atoms with Crippen molar-refractivity contribution in [2.24, 2.45) is 0 Å². The third-order valence-electron chi connectivity index (χ3n) is 2.31. The number of hydrogen-bond acceptors (Lipinski definition) is 5. The van der Waals surface area contributed by atoms with Gasteiger partial charge in [-0.05, 0) is 29.6 Å². The number of fused-ring (bicyclic) bond motifs is 1. The van der Waals surface area contributed by atoms with Crippen molar-refractivity contribution in [3.63, 3.8) is 0 Å². The quantitative estimate of drug-likeness (QED) is 0.735. The zero-order chi connectivity index (χ0) is 11.7. The van der Waals surface area contributed by atoms with E-state index in [1.54, 1.807) is 11.3 Å². The highest BCUT2D eigenvalue weighted by atomic mass is 32.1. The molecular weight excluding hydrogens is 252 g/mol. The van der Waals surface area contributed by atoms with E-state index in [9.17, 15) is 0 Å². The lowest BCUT2D eigenvalue weighted by atomic mass is 10.3. The molecule has 3 nitrogen and oxygen atoms in total. The van der Waals surface area contributed by atoms with Gasteiger partial charge in [-0.1, -0.05) is 17.4 Å². The first-order valence-electron chi connectivity index (χ1n) is 5.12. The first-order chi connectivity index (χ1) is 8.31. The molecule has 0 spiro atoms. The molecule has 0 aliphatic rings. The van der Waals surface area contributed by atoms with Gasteiger partial charge in [-0.2, -0.15) is 0 Å². The number of aromatic nitrogens is 1. The van der Waals surface area contributed by atoms with Crippen molar-refractivity contribution in [2.75, 3.05) is 5.73 Å². The molecule has 0 saturated carbocycles. The van der Waals surface area contributed by atoms with Crippen LogP contribution in [0.4, 0.5) is 5.69 Å². The molecule has 0 saturated heterocycles. The van der Waals surface area contributed by atoms with Crippen molar-refractivity contribution in [1.82, 2.24) is 4.98 Å². The molecule has 86 valence electrons. The largest absolute Gasteiger partial charge is 0.464 e. The number of rotatable bonds is 3. The van der Waals surface area contributed by atoms with Crippen LogP contribution in [-0.4, -0.2) is 4.98 Å². The first kappa shape index (κ1) is 10.6. The summed E-state index contributed by atoms with van der Waals surface area (Å²) in [5, 5.41) is 2.73. The average molecular weight is 262 g/mol. The monoisotopic (exact) mass is 262 g/mol. The van der Waals surface area contributed by atoms with Crippen molar-refractivity contribution >= 4 is 38.6 Å². The lowest BCUT2D eigenvalue weighted by Gasteiger charge is -1.97. The van der Waals surface area contributed by atoms with Gasteiger partial charge in [0.05, 0.1) is 10.2 Å². The Morgan fingerprint density at radius 1 is 1.29 bits per heavy atom. The number of anilines is 1. The zero-order valence-electron chi connectivity index (χ0n) is 8.92. The summed E-state index contributed by atoms with van der Waals surface area (Å²) < 4.78 is 6.71. The van der Waals surface area contributed by atoms with E-state index in [4.69, 9.17) is 10.5 Å². The Morgan fingerprint density at radius 3 is 3.06 bits per heavy atom. The second-order valence-corrected chi connectivity index (χ2v) is 5.60. The van der Waals surface area contributed by atoms with E-state index in [1.165, 1.54) is 16.2 Å². The van der Waals surface area contributed by atoms with Gasteiger partial charge in [0.15, 0.2) is 0 Å². The number of nitrogens with zero attached hydrogens (tertiary/aromatic N) is 1. The van der Waals surface area contributed by atoms with Gasteiger partial charge in [0, 0.05) is 10.6 Å². The van der Waals surface area contributed by atoms with Crippen LogP contribution in [0.25, 0.3) is 10.2 Å². The second-order valence-electron chi connectivity index (χ2n) is 3.57. The van der Waals surface area contributed by atoms with Crippen molar-refractivity contribution in [2.45, 2.75) is 6.61 Å². The summed E-state index contributed by atoms with van der Waals surface area (Å²) in [5.74, 6) is 0. The minimum atomic E-state index is 0.576. The van der Waals surface area contributed by atoms with E-state index < -0.39 is 0 Å². The topological polar surface area (TPSA) is 48.1 Å². The van der Waals surface area contributed by atoms with Crippen LogP contribution in [0.2, 0.25) is 0 Å². The van der Waals surface area contributed by atoms with Gasteiger partial charge < -0.3 is 10.5 Å². The molecule has 5 heteroatoms. The summed E-state index contributed by atoms with van der Waals surface area (Å²) in [7, 11) is 0. The number of hydrogen-bond donors (Lipinski definition) is 1. The van der Waals surface area contributed by atoms with E-state index in [-0.39, 0.29) is 0 Å². The summed E-state index contributed by atoms with van der Waals surface area (Å²) in [5.41, 5.74) is 7.42. The zero-order valence-corrected chi connectivity index (χ0v) is 10.6. The number of nitrogens with two attached hydrogens (primary N) is 1. The van der Waals surface area contributed by atoms with Crippen LogP contribution in [0, 0.1) is 0 Å². The lowest BCUT2D eigenvalue weighted by molar-refractivity contribution is 0.309. The molecule has 0 atom stereocenters. The maximum atomic E-state index is 5.72. The fourth-order valence-electron chi connectivity index (χ4n) is 1.51. The van der Waals surface area contributed by atoms with Crippen LogP contribution < -0.4 is 10.5 Å². The summed E-state index contributed by atoms with van der Waals surface area (Å²) in [6.45, 7) is 0.576. The molecule has 0 radical (unpaired) electrons. The Bertz CT molecular complexity index is 631. The van der Waals surface area contributed by atoms with Gasteiger partial charge in [0.2, 0.25) is 0 Å². The lowest BCUT2D eigenvalue weighted by Crippen LogP contribution is -1.91. The predicted octanol–water partition coefficient (Wildman–Crippen LogP) is 3.52. The van der Waals surface area contributed by atoms with Gasteiger partial charge >= 0.3 is 0 Å². The van der Waals surface area contributed by atoms with Gasteiger partial charge in [0.1, 0.15) is 6.61 Å². The molecule has 2 N–H and O–H groups in total. The van der Waals surface area contributed by atoms with Crippen LogP contribution >= 0.6 is 22.7 Å². The fourth-order valence-corrected chi connectivity index (χ4v) is 2.99. The standard InChI is InChI=1S/C12H10N2OS2/c13-8-3-4-10-11(6-8)17-12(14-10)15-7-9-2-1-5-16-9/h1-6H,7,13H2. The van der Waals surface area contributed by atoms with Gasteiger partial charge in [-0.3, -0.25) is 0 Å². The van der Waals surface area contributed by atoms with Crippen LogP contribution in [0.15, 0.2) is 35.7 Å². The van der Waals surface area contributed by atoms with E-state index in [1.807, 2.05) is 29.6 Å². The number of ether oxygens (including phenoxy) is 1. The maximum Gasteiger partial charge on any atom is 0.274 e. The molecule has 2 aromatic heterocycles. The molecule has 0 fully saturated rings. The number of nitrogen functional groups attached to an aromatic ring is 1.